The summed E-state index contributed by atoms with van der Waals surface area (Å²) in [7, 11) is 0. The first-order valence-electron chi connectivity index (χ1n) is 10.6. The summed E-state index contributed by atoms with van der Waals surface area (Å²) in [5.41, 5.74) is 1.54. The summed E-state index contributed by atoms with van der Waals surface area (Å²) < 4.78 is 13.4. The maximum absolute atomic E-state index is 13.4. The number of aliphatic imine (C=N–C) groups is 1. The Morgan fingerprint density at radius 1 is 1.16 bits per heavy atom. The monoisotopic (exact) mass is 427 g/mol. The number of rotatable bonds is 7. The highest BCUT2D eigenvalue weighted by atomic mass is 19.1. The molecule has 8 nitrogen and oxygen atoms in total. The van der Waals surface area contributed by atoms with Crippen LogP contribution in [0.25, 0.3) is 0 Å². The average Bonchev–Trinajstić information content (AvgIpc) is 2.80. The third-order valence-corrected chi connectivity index (χ3v) is 5.08. The van der Waals surface area contributed by atoms with E-state index in [9.17, 15) is 9.18 Å². The fraction of sp³-hybridized carbons (Fsp3) is 0.455. The van der Waals surface area contributed by atoms with Crippen LogP contribution in [0.1, 0.15) is 24.5 Å². The van der Waals surface area contributed by atoms with Gasteiger partial charge in [0.05, 0.1) is 6.54 Å². The molecule has 2 N–H and O–H groups in total. The second-order valence-corrected chi connectivity index (χ2v) is 7.37. The fourth-order valence-corrected chi connectivity index (χ4v) is 3.37. The Morgan fingerprint density at radius 2 is 1.90 bits per heavy atom. The minimum absolute atomic E-state index is 0.117. The molecule has 1 aliphatic rings. The first kappa shape index (κ1) is 22.5. The summed E-state index contributed by atoms with van der Waals surface area (Å²) in [5.74, 6) is 1.25. The maximum Gasteiger partial charge on any atom is 0.225 e. The number of nitrogens with zero attached hydrogens (tertiary/aromatic N) is 5. The Bertz CT molecular complexity index is 883. The molecule has 1 aromatic carbocycles. The van der Waals surface area contributed by atoms with E-state index in [0.29, 0.717) is 56.6 Å². The number of carbonyl (C=O) groups excluding carboxylic acids is 1. The van der Waals surface area contributed by atoms with E-state index in [-0.39, 0.29) is 11.7 Å². The molecule has 0 bridgehead atoms. The number of aryl methyl sites for hydroxylation is 1. The molecule has 2 aromatic rings. The number of halogens is 1. The Kier molecular flexibility index (Phi) is 8.14. The van der Waals surface area contributed by atoms with Crippen LogP contribution in [0.5, 0.6) is 0 Å². The van der Waals surface area contributed by atoms with Crippen molar-refractivity contribution in [2.75, 3.05) is 44.2 Å². The van der Waals surface area contributed by atoms with E-state index in [1.807, 2.05) is 11.8 Å². The van der Waals surface area contributed by atoms with Gasteiger partial charge in [-0.3, -0.25) is 4.79 Å². The smallest absolute Gasteiger partial charge is 0.225 e. The molecule has 3 rings (SSSR count). The molecule has 1 aromatic heterocycles. The number of nitrogens with one attached hydrogen (secondary N) is 2. The van der Waals surface area contributed by atoms with Crippen molar-refractivity contribution in [3.8, 4) is 0 Å². The van der Waals surface area contributed by atoms with Gasteiger partial charge in [-0.25, -0.2) is 19.4 Å². The molecule has 31 heavy (non-hydrogen) atoms. The van der Waals surface area contributed by atoms with Gasteiger partial charge in [-0.05, 0) is 37.1 Å². The van der Waals surface area contributed by atoms with Gasteiger partial charge in [0.1, 0.15) is 5.82 Å². The standard InChI is InChI=1S/C22H30FN7O/c1-3-24-21(28-16-18-5-6-19(23)17(2)15-18)25-10-7-20(31)29-11-13-30(14-12-29)22-26-8-4-9-27-22/h4-6,8-9,15H,3,7,10-14,16H2,1-2H3,(H2,24,25,28). The van der Waals surface area contributed by atoms with E-state index in [1.54, 1.807) is 37.5 Å². The van der Waals surface area contributed by atoms with Gasteiger partial charge in [-0.15, -0.1) is 0 Å². The molecule has 0 spiro atoms. The highest BCUT2D eigenvalue weighted by Gasteiger charge is 2.22. The molecule has 0 unspecified atom stereocenters. The van der Waals surface area contributed by atoms with Crippen molar-refractivity contribution in [1.29, 1.82) is 0 Å². The molecule has 1 aliphatic heterocycles. The topological polar surface area (TPSA) is 85.8 Å². The summed E-state index contributed by atoms with van der Waals surface area (Å²) in [4.78, 5) is 29.6. The maximum atomic E-state index is 13.4. The third kappa shape index (κ3) is 6.63. The summed E-state index contributed by atoms with van der Waals surface area (Å²) in [5, 5.41) is 6.38. The number of guanidine groups is 1. The van der Waals surface area contributed by atoms with Gasteiger partial charge >= 0.3 is 0 Å². The van der Waals surface area contributed by atoms with Crippen molar-refractivity contribution in [3.63, 3.8) is 0 Å². The van der Waals surface area contributed by atoms with E-state index in [2.05, 4.69) is 30.5 Å². The summed E-state index contributed by atoms with van der Waals surface area (Å²) in [6.45, 7) is 8.15. The molecular weight excluding hydrogens is 397 g/mol. The Hall–Kier alpha value is -3.23. The minimum Gasteiger partial charge on any atom is -0.357 e. The predicted octanol–water partition coefficient (Wildman–Crippen LogP) is 1.72. The van der Waals surface area contributed by atoms with E-state index in [4.69, 9.17) is 0 Å². The lowest BCUT2D eigenvalue weighted by molar-refractivity contribution is -0.131. The van der Waals surface area contributed by atoms with Gasteiger partial charge < -0.3 is 20.4 Å². The molecule has 0 saturated carbocycles. The third-order valence-electron chi connectivity index (χ3n) is 5.08. The van der Waals surface area contributed by atoms with Crippen LogP contribution in [0.3, 0.4) is 0 Å². The summed E-state index contributed by atoms with van der Waals surface area (Å²) in [6, 6.07) is 6.79. The average molecular weight is 428 g/mol. The normalized spacial score (nSPS) is 14.5. The largest absolute Gasteiger partial charge is 0.357 e. The Balaban J connectivity index is 1.43. The van der Waals surface area contributed by atoms with Gasteiger partial charge in [0.25, 0.3) is 0 Å². The number of piperazine rings is 1. The van der Waals surface area contributed by atoms with Crippen LogP contribution < -0.4 is 15.5 Å². The molecular formula is C22H30FN7O. The zero-order valence-electron chi connectivity index (χ0n) is 18.1. The van der Waals surface area contributed by atoms with Crippen molar-refractivity contribution >= 4 is 17.8 Å². The lowest BCUT2D eigenvalue weighted by Crippen LogP contribution is -2.50. The number of hydrogen-bond donors (Lipinski definition) is 2. The van der Waals surface area contributed by atoms with Crippen molar-refractivity contribution in [2.24, 2.45) is 4.99 Å². The molecule has 1 fully saturated rings. The van der Waals surface area contributed by atoms with Crippen LogP contribution in [0.4, 0.5) is 10.3 Å². The van der Waals surface area contributed by atoms with E-state index < -0.39 is 0 Å². The fourth-order valence-electron chi connectivity index (χ4n) is 3.37. The van der Waals surface area contributed by atoms with Crippen LogP contribution in [0.15, 0.2) is 41.7 Å². The number of carbonyl (C=O) groups is 1. The SMILES string of the molecule is CCNC(=NCc1ccc(F)c(C)c1)NCCC(=O)N1CCN(c2ncccn2)CC1. The Morgan fingerprint density at radius 3 is 2.58 bits per heavy atom. The van der Waals surface area contributed by atoms with E-state index in [0.717, 1.165) is 18.7 Å². The van der Waals surface area contributed by atoms with Crippen molar-refractivity contribution in [1.82, 2.24) is 25.5 Å². The predicted molar refractivity (Wildman–Crippen MR) is 119 cm³/mol. The van der Waals surface area contributed by atoms with Crippen LogP contribution in [0.2, 0.25) is 0 Å². The van der Waals surface area contributed by atoms with Gasteiger partial charge in [-0.2, -0.15) is 0 Å². The van der Waals surface area contributed by atoms with Gasteiger partial charge in [-0.1, -0.05) is 12.1 Å². The zero-order chi connectivity index (χ0) is 22.1. The first-order valence-corrected chi connectivity index (χ1v) is 10.6. The van der Waals surface area contributed by atoms with Gasteiger partial charge in [0.15, 0.2) is 5.96 Å². The molecule has 1 amide bonds. The van der Waals surface area contributed by atoms with Gasteiger partial charge in [0.2, 0.25) is 11.9 Å². The van der Waals surface area contributed by atoms with Crippen molar-refractivity contribution in [3.05, 3.63) is 53.6 Å². The first-order chi connectivity index (χ1) is 15.1. The molecule has 1 saturated heterocycles. The van der Waals surface area contributed by atoms with Crippen LogP contribution in [0, 0.1) is 12.7 Å². The van der Waals surface area contributed by atoms with E-state index in [1.165, 1.54) is 6.07 Å². The van der Waals surface area contributed by atoms with Gasteiger partial charge in [0, 0.05) is 58.1 Å². The molecule has 166 valence electrons. The summed E-state index contributed by atoms with van der Waals surface area (Å²) >= 11 is 0. The number of anilines is 1. The zero-order valence-corrected chi connectivity index (χ0v) is 18.1. The number of amides is 1. The van der Waals surface area contributed by atoms with Crippen molar-refractivity contribution < 1.29 is 9.18 Å². The molecule has 0 atom stereocenters. The Labute approximate surface area is 182 Å². The number of benzene rings is 1. The summed E-state index contributed by atoms with van der Waals surface area (Å²) in [6.07, 6.45) is 3.85. The molecule has 2 heterocycles. The second kappa shape index (κ2) is 11.2. The van der Waals surface area contributed by atoms with Crippen LogP contribution in [-0.4, -0.2) is 66.0 Å². The van der Waals surface area contributed by atoms with Crippen LogP contribution in [-0.2, 0) is 11.3 Å². The molecule has 0 radical (unpaired) electrons. The molecule has 9 heteroatoms. The highest BCUT2D eigenvalue weighted by Crippen LogP contribution is 2.11. The number of hydrogen-bond acceptors (Lipinski definition) is 5. The second-order valence-electron chi connectivity index (χ2n) is 7.37. The highest BCUT2D eigenvalue weighted by molar-refractivity contribution is 5.81. The molecule has 0 aliphatic carbocycles. The lowest BCUT2D eigenvalue weighted by Gasteiger charge is -2.34. The lowest BCUT2D eigenvalue weighted by atomic mass is 10.1. The van der Waals surface area contributed by atoms with Crippen molar-refractivity contribution in [2.45, 2.75) is 26.8 Å². The minimum atomic E-state index is -0.214. The quantitative estimate of drug-likeness (QED) is 0.517. The number of aromatic nitrogens is 2. The van der Waals surface area contributed by atoms with Crippen LogP contribution >= 0.6 is 0 Å². The van der Waals surface area contributed by atoms with E-state index >= 15 is 0 Å².